The van der Waals surface area contributed by atoms with E-state index in [-0.39, 0.29) is 18.4 Å². The molecule has 4 rings (SSSR count). The van der Waals surface area contributed by atoms with Crippen LogP contribution in [0.2, 0.25) is 10.0 Å². The number of rotatable bonds is 6. The lowest BCUT2D eigenvalue weighted by Crippen LogP contribution is -2.42. The second kappa shape index (κ2) is 7.68. The van der Waals surface area contributed by atoms with Crippen LogP contribution in [0.25, 0.3) is 22.0 Å². The van der Waals surface area contributed by atoms with E-state index in [9.17, 15) is 8.42 Å². The van der Waals surface area contributed by atoms with Gasteiger partial charge in [0.05, 0.1) is 34.1 Å². The van der Waals surface area contributed by atoms with E-state index in [4.69, 9.17) is 27.9 Å². The SMILES string of the molecule is COCCS(=O)(=O)NC1CCc2c(-c3cn[nH]c3)c3ccc(Cl)c(Cl)c3n2C1. The fraction of sp³-hybridized carbons (Fsp3) is 0.389. The Morgan fingerprint density at radius 3 is 2.93 bits per heavy atom. The van der Waals surface area contributed by atoms with E-state index in [0.29, 0.717) is 29.4 Å². The number of benzene rings is 1. The van der Waals surface area contributed by atoms with Gasteiger partial charge in [-0.15, -0.1) is 0 Å². The van der Waals surface area contributed by atoms with Crippen LogP contribution in [0.5, 0.6) is 0 Å². The first-order valence-electron chi connectivity index (χ1n) is 8.88. The number of methoxy groups -OCH3 is 1. The third-order valence-corrected chi connectivity index (χ3v) is 7.24. The van der Waals surface area contributed by atoms with Crippen molar-refractivity contribution >= 4 is 44.1 Å². The van der Waals surface area contributed by atoms with Gasteiger partial charge in [0.25, 0.3) is 0 Å². The van der Waals surface area contributed by atoms with Crippen molar-refractivity contribution in [3.05, 3.63) is 40.3 Å². The van der Waals surface area contributed by atoms with Gasteiger partial charge in [0, 0.05) is 48.1 Å². The summed E-state index contributed by atoms with van der Waals surface area (Å²) in [6.45, 7) is 0.641. The van der Waals surface area contributed by atoms with Crippen molar-refractivity contribution in [3.8, 4) is 11.1 Å². The second-order valence-electron chi connectivity index (χ2n) is 6.84. The Kier molecular flexibility index (Phi) is 5.41. The number of nitrogens with zero attached hydrogens (tertiary/aromatic N) is 2. The molecule has 2 N–H and O–H groups in total. The number of H-pyrrole nitrogens is 1. The lowest BCUT2D eigenvalue weighted by Gasteiger charge is -2.27. The number of sulfonamides is 1. The standard InChI is InChI=1S/C18H20Cl2N4O3S/c1-27-6-7-28(25,26)23-12-2-5-15-16(11-8-21-22-9-11)13-3-4-14(19)17(20)18(13)24(15)10-12/h3-4,8-9,12,23H,2,5-7,10H2,1H3,(H,21,22). The second-order valence-corrected chi connectivity index (χ2v) is 9.50. The number of halogens is 2. The zero-order valence-electron chi connectivity index (χ0n) is 15.2. The maximum Gasteiger partial charge on any atom is 0.214 e. The fourth-order valence-electron chi connectivity index (χ4n) is 3.83. The number of ether oxygens (including phenoxy) is 1. The molecule has 1 aromatic carbocycles. The van der Waals surface area contributed by atoms with Gasteiger partial charge in [0.15, 0.2) is 0 Å². The van der Waals surface area contributed by atoms with Crippen LogP contribution in [0.15, 0.2) is 24.5 Å². The summed E-state index contributed by atoms with van der Waals surface area (Å²) in [5.41, 5.74) is 3.95. The Labute approximate surface area is 173 Å². The van der Waals surface area contributed by atoms with Crippen LogP contribution in [0, 0.1) is 0 Å². The summed E-state index contributed by atoms with van der Waals surface area (Å²) >= 11 is 12.8. The molecule has 0 aliphatic carbocycles. The van der Waals surface area contributed by atoms with Crippen molar-refractivity contribution in [2.75, 3.05) is 19.5 Å². The highest BCUT2D eigenvalue weighted by atomic mass is 35.5. The van der Waals surface area contributed by atoms with Crippen LogP contribution in [0.1, 0.15) is 12.1 Å². The van der Waals surface area contributed by atoms with E-state index < -0.39 is 10.0 Å². The zero-order valence-corrected chi connectivity index (χ0v) is 17.5. The first-order valence-corrected chi connectivity index (χ1v) is 11.3. The zero-order chi connectivity index (χ0) is 19.9. The third kappa shape index (κ3) is 3.55. The van der Waals surface area contributed by atoms with Crippen molar-refractivity contribution in [2.45, 2.75) is 25.4 Å². The molecule has 3 aromatic rings. The van der Waals surface area contributed by atoms with Crippen LogP contribution >= 0.6 is 23.2 Å². The van der Waals surface area contributed by atoms with Crippen LogP contribution < -0.4 is 4.72 Å². The smallest absolute Gasteiger partial charge is 0.214 e. The van der Waals surface area contributed by atoms with Crippen molar-refractivity contribution in [3.63, 3.8) is 0 Å². The Hall–Kier alpha value is -1.58. The molecule has 150 valence electrons. The summed E-state index contributed by atoms with van der Waals surface area (Å²) in [5, 5.41) is 8.84. The third-order valence-electron chi connectivity index (χ3n) is 5.04. The number of hydrogen-bond donors (Lipinski definition) is 2. The maximum absolute atomic E-state index is 12.3. The molecule has 0 fully saturated rings. The summed E-state index contributed by atoms with van der Waals surface area (Å²) in [4.78, 5) is 0. The molecule has 3 heterocycles. The Morgan fingerprint density at radius 1 is 1.39 bits per heavy atom. The summed E-state index contributed by atoms with van der Waals surface area (Å²) < 4.78 is 34.3. The van der Waals surface area contributed by atoms with E-state index in [1.807, 2.05) is 12.3 Å². The average Bonchev–Trinajstić information content (AvgIpc) is 3.28. The quantitative estimate of drug-likeness (QED) is 0.613. The van der Waals surface area contributed by atoms with Crippen LogP contribution in [0.4, 0.5) is 0 Å². The van der Waals surface area contributed by atoms with Crippen LogP contribution in [0.3, 0.4) is 0 Å². The number of hydrogen-bond acceptors (Lipinski definition) is 4. The van der Waals surface area contributed by atoms with E-state index in [2.05, 4.69) is 19.5 Å². The van der Waals surface area contributed by atoms with Gasteiger partial charge in [-0.1, -0.05) is 29.3 Å². The van der Waals surface area contributed by atoms with E-state index in [0.717, 1.165) is 27.7 Å². The van der Waals surface area contributed by atoms with E-state index in [1.54, 1.807) is 12.3 Å². The predicted molar refractivity (Wildman–Crippen MR) is 110 cm³/mol. The highest BCUT2D eigenvalue weighted by Crippen LogP contribution is 2.42. The molecular weight excluding hydrogens is 423 g/mol. The molecule has 0 spiro atoms. The largest absolute Gasteiger partial charge is 0.384 e. The van der Waals surface area contributed by atoms with Gasteiger partial charge in [-0.05, 0) is 18.9 Å². The molecule has 28 heavy (non-hydrogen) atoms. The van der Waals surface area contributed by atoms with Gasteiger partial charge in [0.1, 0.15) is 0 Å². The lowest BCUT2D eigenvalue weighted by molar-refractivity contribution is 0.216. The molecule has 0 bridgehead atoms. The molecule has 2 aromatic heterocycles. The molecule has 1 aliphatic rings. The average molecular weight is 443 g/mol. The Bertz CT molecular complexity index is 1110. The molecule has 7 nitrogen and oxygen atoms in total. The Morgan fingerprint density at radius 2 is 2.21 bits per heavy atom. The molecule has 10 heteroatoms. The number of nitrogens with one attached hydrogen (secondary N) is 2. The van der Waals surface area contributed by atoms with Gasteiger partial charge in [-0.3, -0.25) is 5.10 Å². The molecule has 0 saturated carbocycles. The van der Waals surface area contributed by atoms with E-state index >= 15 is 0 Å². The minimum absolute atomic E-state index is 0.0634. The van der Waals surface area contributed by atoms with E-state index in [1.165, 1.54) is 7.11 Å². The summed E-state index contributed by atoms with van der Waals surface area (Å²) in [7, 11) is -1.93. The minimum atomic E-state index is -3.42. The van der Waals surface area contributed by atoms with Gasteiger partial charge >= 0.3 is 0 Å². The number of aromatic amines is 1. The molecular formula is C18H20Cl2N4O3S. The van der Waals surface area contributed by atoms with Gasteiger partial charge in [0.2, 0.25) is 10.0 Å². The lowest BCUT2D eigenvalue weighted by atomic mass is 9.99. The first kappa shape index (κ1) is 19.7. The monoisotopic (exact) mass is 442 g/mol. The fourth-order valence-corrected chi connectivity index (χ4v) is 5.45. The molecule has 1 unspecified atom stereocenters. The van der Waals surface area contributed by atoms with Crippen molar-refractivity contribution in [2.24, 2.45) is 0 Å². The molecule has 1 atom stereocenters. The van der Waals surface area contributed by atoms with Crippen molar-refractivity contribution in [1.82, 2.24) is 19.5 Å². The van der Waals surface area contributed by atoms with Crippen molar-refractivity contribution < 1.29 is 13.2 Å². The van der Waals surface area contributed by atoms with Gasteiger partial charge in [-0.25, -0.2) is 13.1 Å². The van der Waals surface area contributed by atoms with Crippen LogP contribution in [-0.2, 0) is 27.7 Å². The number of aromatic nitrogens is 3. The predicted octanol–water partition coefficient (Wildman–Crippen LogP) is 3.22. The van der Waals surface area contributed by atoms with Gasteiger partial charge < -0.3 is 9.30 Å². The minimum Gasteiger partial charge on any atom is -0.384 e. The molecule has 0 radical (unpaired) electrons. The maximum atomic E-state index is 12.3. The highest BCUT2D eigenvalue weighted by molar-refractivity contribution is 7.89. The first-order chi connectivity index (χ1) is 13.4. The topological polar surface area (TPSA) is 89.0 Å². The molecule has 0 saturated heterocycles. The summed E-state index contributed by atoms with van der Waals surface area (Å²) in [6, 6.07) is 3.51. The summed E-state index contributed by atoms with van der Waals surface area (Å²) in [6.07, 6.45) is 5.02. The number of fused-ring (bicyclic) bond motifs is 3. The summed E-state index contributed by atoms with van der Waals surface area (Å²) in [5.74, 6) is -0.0634. The van der Waals surface area contributed by atoms with Crippen LogP contribution in [-0.4, -0.2) is 48.7 Å². The molecule has 0 amide bonds. The normalized spacial score (nSPS) is 17.2. The van der Waals surface area contributed by atoms with Gasteiger partial charge in [-0.2, -0.15) is 5.10 Å². The van der Waals surface area contributed by atoms with Crippen molar-refractivity contribution in [1.29, 1.82) is 0 Å². The highest BCUT2D eigenvalue weighted by Gasteiger charge is 2.29. The molecule has 1 aliphatic heterocycles. The Balaban J connectivity index is 1.77.